The van der Waals surface area contributed by atoms with Crippen molar-refractivity contribution in [2.45, 2.75) is 62.9 Å². The predicted octanol–water partition coefficient (Wildman–Crippen LogP) is 2.90. The zero-order valence-electron chi connectivity index (χ0n) is 18.8. The molecule has 1 atom stereocenters. The average Bonchev–Trinajstić information content (AvgIpc) is 3.10. The second-order valence-corrected chi connectivity index (χ2v) is 9.49. The summed E-state index contributed by atoms with van der Waals surface area (Å²) in [6.45, 7) is 1.40. The van der Waals surface area contributed by atoms with Crippen molar-refractivity contribution < 1.29 is 18.4 Å². The number of hydrogen-bond acceptors (Lipinski definition) is 5. The van der Waals surface area contributed by atoms with Crippen LogP contribution in [0.4, 0.5) is 8.78 Å². The molecule has 4 rings (SSSR count). The number of carbonyl (C=O) groups excluding carboxylic acids is 2. The van der Waals surface area contributed by atoms with Crippen molar-refractivity contribution in [3.63, 3.8) is 0 Å². The third-order valence-electron chi connectivity index (χ3n) is 7.08. The van der Waals surface area contributed by atoms with Gasteiger partial charge < -0.3 is 15.5 Å². The quantitative estimate of drug-likeness (QED) is 0.711. The van der Waals surface area contributed by atoms with Crippen LogP contribution in [-0.2, 0) is 4.79 Å². The van der Waals surface area contributed by atoms with Crippen LogP contribution in [0.25, 0.3) is 0 Å². The van der Waals surface area contributed by atoms with Crippen LogP contribution in [0, 0.1) is 28.9 Å². The first kappa shape index (κ1) is 23.3. The van der Waals surface area contributed by atoms with Crippen LogP contribution >= 0.6 is 0 Å². The van der Waals surface area contributed by atoms with Gasteiger partial charge in [0, 0.05) is 18.7 Å². The second kappa shape index (κ2) is 9.56. The van der Waals surface area contributed by atoms with E-state index in [2.05, 4.69) is 26.6 Å². The number of nitrogens with one attached hydrogen (secondary N) is 2. The Bertz CT molecular complexity index is 1000. The fourth-order valence-electron chi connectivity index (χ4n) is 4.97. The summed E-state index contributed by atoms with van der Waals surface area (Å²) in [7, 11) is 1.98. The van der Waals surface area contributed by atoms with E-state index in [-0.39, 0.29) is 22.9 Å². The predicted molar refractivity (Wildman–Crippen MR) is 119 cm³/mol. The van der Waals surface area contributed by atoms with E-state index in [1.807, 2.05) is 7.05 Å². The number of halogens is 2. The molecule has 9 heteroatoms. The van der Waals surface area contributed by atoms with Crippen molar-refractivity contribution in [1.82, 2.24) is 15.5 Å². The molecule has 0 aromatic heterocycles. The molecule has 0 spiro atoms. The number of nitriles is 1. The molecule has 7 nitrogen and oxygen atoms in total. The number of likely N-dealkylation sites (tertiary alicyclic amines) is 1. The highest BCUT2D eigenvalue weighted by atomic mass is 19.2. The molecule has 1 saturated carbocycles. The highest BCUT2D eigenvalue weighted by Gasteiger charge is 2.38. The maximum absolute atomic E-state index is 13.9. The van der Waals surface area contributed by atoms with E-state index in [1.165, 1.54) is 6.42 Å². The van der Waals surface area contributed by atoms with Gasteiger partial charge in [0.1, 0.15) is 17.4 Å². The van der Waals surface area contributed by atoms with Gasteiger partial charge in [-0.05, 0) is 44.4 Å². The summed E-state index contributed by atoms with van der Waals surface area (Å²) in [5, 5.41) is 15.3. The number of amides is 2. The fraction of sp³-hybridized carbons (Fsp3) is 0.583. The van der Waals surface area contributed by atoms with Crippen molar-refractivity contribution in [2.75, 3.05) is 20.1 Å². The Kier molecular flexibility index (Phi) is 6.75. The number of fused-ring (bicyclic) bond motifs is 1. The first-order valence-corrected chi connectivity index (χ1v) is 11.6. The van der Waals surface area contributed by atoms with E-state index in [0.717, 1.165) is 37.8 Å². The molecule has 1 aliphatic carbocycles. The summed E-state index contributed by atoms with van der Waals surface area (Å²) in [6, 6.07) is 3.23. The van der Waals surface area contributed by atoms with Crippen molar-refractivity contribution in [1.29, 1.82) is 5.26 Å². The molecule has 176 valence electrons. The van der Waals surface area contributed by atoms with Gasteiger partial charge in [0.2, 0.25) is 5.91 Å². The van der Waals surface area contributed by atoms with E-state index in [4.69, 9.17) is 0 Å². The minimum Gasteiger partial charge on any atom is -0.336 e. The molecule has 1 saturated heterocycles. The Hall–Kier alpha value is -2.86. The van der Waals surface area contributed by atoms with Crippen LogP contribution in [0.15, 0.2) is 17.1 Å². The van der Waals surface area contributed by atoms with Crippen LogP contribution < -0.4 is 10.6 Å². The maximum Gasteiger partial charge on any atom is 0.257 e. The highest BCUT2D eigenvalue weighted by molar-refractivity contribution is 6.23. The van der Waals surface area contributed by atoms with E-state index in [9.17, 15) is 23.6 Å². The molecule has 2 heterocycles. The van der Waals surface area contributed by atoms with E-state index >= 15 is 0 Å². The Morgan fingerprint density at radius 3 is 2.52 bits per heavy atom. The molecule has 1 unspecified atom stereocenters. The number of rotatable bonds is 5. The molecule has 1 aromatic carbocycles. The Labute approximate surface area is 192 Å². The number of piperidine rings is 1. The lowest BCUT2D eigenvalue weighted by Crippen LogP contribution is -2.56. The van der Waals surface area contributed by atoms with Crippen LogP contribution in [0.2, 0.25) is 0 Å². The number of aliphatic imine (C=N–C) groups is 1. The summed E-state index contributed by atoms with van der Waals surface area (Å²) in [6.07, 6.45) is 6.84. The SMILES string of the molecule is CN1CCC(C#N)(NC(=O)C(CC2CCCCC2)/N=C2\NC(=O)c3cc(F)c(F)cc32)CC1. The Morgan fingerprint density at radius 2 is 1.88 bits per heavy atom. The summed E-state index contributed by atoms with van der Waals surface area (Å²) < 4.78 is 27.5. The number of nitrogens with zero attached hydrogens (tertiary/aromatic N) is 3. The monoisotopic (exact) mass is 457 g/mol. The van der Waals surface area contributed by atoms with Gasteiger partial charge in [0.05, 0.1) is 11.6 Å². The number of carbonyl (C=O) groups is 2. The summed E-state index contributed by atoms with van der Waals surface area (Å²) >= 11 is 0. The summed E-state index contributed by atoms with van der Waals surface area (Å²) in [5.41, 5.74) is -0.816. The second-order valence-electron chi connectivity index (χ2n) is 9.49. The lowest BCUT2D eigenvalue weighted by atomic mass is 9.84. The molecule has 2 N–H and O–H groups in total. The van der Waals surface area contributed by atoms with Crippen LogP contribution in [-0.4, -0.2) is 54.3 Å². The highest BCUT2D eigenvalue weighted by Crippen LogP contribution is 2.30. The van der Waals surface area contributed by atoms with Gasteiger partial charge in [0.15, 0.2) is 11.6 Å². The molecule has 33 heavy (non-hydrogen) atoms. The van der Waals surface area contributed by atoms with Crippen molar-refractivity contribution in [3.05, 3.63) is 34.9 Å². The zero-order valence-corrected chi connectivity index (χ0v) is 18.8. The first-order chi connectivity index (χ1) is 15.8. The molecule has 0 bridgehead atoms. The number of benzene rings is 1. The van der Waals surface area contributed by atoms with Crippen LogP contribution in [0.5, 0.6) is 0 Å². The number of hydrogen-bond donors (Lipinski definition) is 2. The van der Waals surface area contributed by atoms with Gasteiger partial charge in [-0.3, -0.25) is 14.6 Å². The Balaban J connectivity index is 1.62. The molecular weight excluding hydrogens is 428 g/mol. The molecule has 3 aliphatic rings. The third-order valence-corrected chi connectivity index (χ3v) is 7.08. The minimum absolute atomic E-state index is 0.00622. The van der Waals surface area contributed by atoms with Crippen molar-refractivity contribution >= 4 is 17.6 Å². The average molecular weight is 458 g/mol. The molecule has 2 amide bonds. The van der Waals surface area contributed by atoms with Crippen molar-refractivity contribution in [3.8, 4) is 6.07 Å². The van der Waals surface area contributed by atoms with E-state index in [0.29, 0.717) is 38.3 Å². The van der Waals surface area contributed by atoms with E-state index < -0.39 is 29.1 Å². The van der Waals surface area contributed by atoms with Gasteiger partial charge in [-0.15, -0.1) is 0 Å². The molecule has 2 aliphatic heterocycles. The lowest BCUT2D eigenvalue weighted by molar-refractivity contribution is -0.124. The molecular formula is C24H29F2N5O2. The molecule has 2 fully saturated rings. The molecule has 1 aromatic rings. The van der Waals surface area contributed by atoms with Crippen LogP contribution in [0.1, 0.15) is 67.3 Å². The first-order valence-electron chi connectivity index (χ1n) is 11.6. The standard InChI is InChI=1S/C24H29F2N5O2/c1-31-9-7-24(14-27,8-10-31)30-23(33)20(11-15-5-3-2-4-6-15)28-21-16-12-18(25)19(26)13-17(16)22(32)29-21/h12-13,15,20H,2-11H2,1H3,(H,30,33)(H,28,29,32). The largest absolute Gasteiger partial charge is 0.336 e. The van der Waals surface area contributed by atoms with Gasteiger partial charge in [0.25, 0.3) is 5.91 Å². The Morgan fingerprint density at radius 1 is 1.24 bits per heavy atom. The fourth-order valence-corrected chi connectivity index (χ4v) is 4.97. The third kappa shape index (κ3) is 5.06. The summed E-state index contributed by atoms with van der Waals surface area (Å²) in [4.78, 5) is 32.4. The van der Waals surface area contributed by atoms with Crippen LogP contribution in [0.3, 0.4) is 0 Å². The van der Waals surface area contributed by atoms with E-state index in [1.54, 1.807) is 0 Å². The van der Waals surface area contributed by atoms with Gasteiger partial charge >= 0.3 is 0 Å². The topological polar surface area (TPSA) is 97.6 Å². The summed E-state index contributed by atoms with van der Waals surface area (Å²) in [5.74, 6) is -2.77. The van der Waals surface area contributed by atoms with Gasteiger partial charge in [-0.25, -0.2) is 8.78 Å². The smallest absolute Gasteiger partial charge is 0.257 e. The zero-order chi connectivity index (χ0) is 23.6. The lowest BCUT2D eigenvalue weighted by Gasteiger charge is -2.37. The maximum atomic E-state index is 13.9. The minimum atomic E-state index is -1.11. The van der Waals surface area contributed by atoms with Gasteiger partial charge in [-0.2, -0.15) is 5.26 Å². The van der Waals surface area contributed by atoms with Gasteiger partial charge in [-0.1, -0.05) is 32.1 Å². The van der Waals surface area contributed by atoms with Crippen molar-refractivity contribution in [2.24, 2.45) is 10.9 Å². The molecule has 0 radical (unpaired) electrons. The number of amidine groups is 1. The normalized spacial score (nSPS) is 23.0.